The third-order valence-corrected chi connectivity index (χ3v) is 16.2. The molecule has 3 saturated carbocycles. The van der Waals surface area contributed by atoms with Gasteiger partial charge in [0.2, 0.25) is 0 Å². The third kappa shape index (κ3) is 6.84. The van der Waals surface area contributed by atoms with E-state index in [-0.39, 0.29) is 10.8 Å². The fourth-order valence-corrected chi connectivity index (χ4v) is 13.2. The van der Waals surface area contributed by atoms with Gasteiger partial charge >= 0.3 is 0 Å². The lowest BCUT2D eigenvalue weighted by molar-refractivity contribution is 0.170. The Kier molecular flexibility index (Phi) is 10.2. The number of anilines is 6. The normalized spacial score (nSPS) is 23.1. The number of benzene rings is 7. The zero-order valence-electron chi connectivity index (χ0n) is 37.7. The van der Waals surface area contributed by atoms with Crippen LogP contribution < -0.4 is 9.80 Å². The maximum absolute atomic E-state index is 2.53. The SMILES string of the molecule is CC(C)C1CCCCC1(c1ccc(N(c2ccccc2)c2ccccc2)cc1)c1ccc(N(c2ccc(C3CC4CCC3C4)cc2)c2ccc3c(c2)C(C)(C)c2ccccc2-3)cc1. The van der Waals surface area contributed by atoms with E-state index >= 15 is 0 Å². The topological polar surface area (TPSA) is 6.48 Å². The van der Waals surface area contributed by atoms with Crippen LogP contribution >= 0.6 is 0 Å². The summed E-state index contributed by atoms with van der Waals surface area (Å²) in [5, 5.41) is 0. The maximum atomic E-state index is 2.53. The summed E-state index contributed by atoms with van der Waals surface area (Å²) in [5.41, 5.74) is 17.0. The summed E-state index contributed by atoms with van der Waals surface area (Å²) in [6.45, 7) is 9.70. The molecule has 3 fully saturated rings. The predicted molar refractivity (Wildman–Crippen MR) is 266 cm³/mol. The maximum Gasteiger partial charge on any atom is 0.0465 e. The van der Waals surface area contributed by atoms with E-state index in [9.17, 15) is 0 Å². The molecular formula is C61H62N2. The van der Waals surface area contributed by atoms with Crippen LogP contribution in [0, 0.1) is 23.7 Å². The van der Waals surface area contributed by atoms with E-state index in [0.29, 0.717) is 11.8 Å². The molecule has 0 aliphatic heterocycles. The summed E-state index contributed by atoms with van der Waals surface area (Å²) in [5.74, 6) is 3.62. The van der Waals surface area contributed by atoms with Crippen LogP contribution in [0.15, 0.2) is 176 Å². The Labute approximate surface area is 376 Å². The molecule has 0 N–H and O–H groups in total. The van der Waals surface area contributed by atoms with Crippen molar-refractivity contribution in [3.63, 3.8) is 0 Å². The van der Waals surface area contributed by atoms with Crippen molar-refractivity contribution in [2.75, 3.05) is 9.80 Å². The Bertz CT molecular complexity index is 2660. The first-order valence-electron chi connectivity index (χ1n) is 24.1. The van der Waals surface area contributed by atoms with Crippen molar-refractivity contribution in [3.05, 3.63) is 204 Å². The average molecular weight is 823 g/mol. The number of hydrogen-bond acceptors (Lipinski definition) is 2. The minimum absolute atomic E-state index is 0.0723. The van der Waals surface area contributed by atoms with Gasteiger partial charge in [-0.3, -0.25) is 0 Å². The minimum atomic E-state index is -0.0791. The van der Waals surface area contributed by atoms with Gasteiger partial charge in [0, 0.05) is 45.0 Å². The summed E-state index contributed by atoms with van der Waals surface area (Å²) in [4.78, 5) is 4.90. The van der Waals surface area contributed by atoms with Crippen LogP contribution in [0.1, 0.15) is 113 Å². The second-order valence-corrected chi connectivity index (χ2v) is 20.3. The summed E-state index contributed by atoms with van der Waals surface area (Å²) >= 11 is 0. The molecule has 7 aromatic rings. The van der Waals surface area contributed by atoms with Crippen LogP contribution in [0.25, 0.3) is 11.1 Å². The summed E-state index contributed by atoms with van der Waals surface area (Å²) in [6.07, 6.45) is 10.6. The monoisotopic (exact) mass is 822 g/mol. The van der Waals surface area contributed by atoms with Gasteiger partial charge in [-0.15, -0.1) is 0 Å². The molecule has 0 saturated heterocycles. The van der Waals surface area contributed by atoms with Crippen LogP contribution in [-0.2, 0) is 10.8 Å². The van der Waals surface area contributed by atoms with E-state index in [0.717, 1.165) is 24.2 Å². The molecular weight excluding hydrogens is 761 g/mol. The highest BCUT2D eigenvalue weighted by atomic mass is 15.1. The van der Waals surface area contributed by atoms with Crippen LogP contribution in [0.3, 0.4) is 0 Å². The summed E-state index contributed by atoms with van der Waals surface area (Å²) < 4.78 is 0. The van der Waals surface area contributed by atoms with Crippen molar-refractivity contribution in [2.24, 2.45) is 23.7 Å². The third-order valence-electron chi connectivity index (χ3n) is 16.2. The van der Waals surface area contributed by atoms with E-state index in [4.69, 9.17) is 0 Å². The number of nitrogens with zero attached hydrogens (tertiary/aromatic N) is 2. The molecule has 316 valence electrons. The largest absolute Gasteiger partial charge is 0.311 e. The highest BCUT2D eigenvalue weighted by Crippen LogP contribution is 2.55. The first-order valence-corrected chi connectivity index (χ1v) is 24.1. The molecule has 0 radical (unpaired) electrons. The van der Waals surface area contributed by atoms with Crippen molar-refractivity contribution in [2.45, 2.75) is 95.8 Å². The van der Waals surface area contributed by atoms with Crippen LogP contribution in [0.5, 0.6) is 0 Å². The van der Waals surface area contributed by atoms with E-state index in [2.05, 4.69) is 213 Å². The van der Waals surface area contributed by atoms with Crippen molar-refractivity contribution in [3.8, 4) is 11.1 Å². The van der Waals surface area contributed by atoms with Crippen LogP contribution in [0.4, 0.5) is 34.1 Å². The quantitative estimate of drug-likeness (QED) is 0.136. The molecule has 0 aromatic heterocycles. The molecule has 0 heterocycles. The smallest absolute Gasteiger partial charge is 0.0465 e. The summed E-state index contributed by atoms with van der Waals surface area (Å²) in [7, 11) is 0. The van der Waals surface area contributed by atoms with Gasteiger partial charge in [0.25, 0.3) is 0 Å². The zero-order valence-corrected chi connectivity index (χ0v) is 37.7. The molecule has 7 aromatic carbocycles. The van der Waals surface area contributed by atoms with E-state index < -0.39 is 0 Å². The van der Waals surface area contributed by atoms with Crippen LogP contribution in [0.2, 0.25) is 0 Å². The molecule has 0 spiro atoms. The fourth-order valence-electron chi connectivity index (χ4n) is 13.2. The van der Waals surface area contributed by atoms with Crippen molar-refractivity contribution in [1.29, 1.82) is 0 Å². The first kappa shape index (κ1) is 40.0. The number of rotatable bonds is 10. The van der Waals surface area contributed by atoms with Crippen molar-refractivity contribution >= 4 is 34.1 Å². The Morgan fingerprint density at radius 2 is 1.00 bits per heavy atom. The van der Waals surface area contributed by atoms with E-state index in [1.807, 2.05) is 0 Å². The molecule has 2 heteroatoms. The van der Waals surface area contributed by atoms with Gasteiger partial charge in [0.1, 0.15) is 0 Å². The predicted octanol–water partition coefficient (Wildman–Crippen LogP) is 17.0. The highest BCUT2D eigenvalue weighted by Gasteiger charge is 2.45. The van der Waals surface area contributed by atoms with E-state index in [1.54, 1.807) is 0 Å². The Morgan fingerprint density at radius 3 is 1.57 bits per heavy atom. The lowest BCUT2D eigenvalue weighted by atomic mass is 9.56. The highest BCUT2D eigenvalue weighted by molar-refractivity contribution is 5.86. The Morgan fingerprint density at radius 1 is 0.476 bits per heavy atom. The second-order valence-electron chi connectivity index (χ2n) is 20.3. The van der Waals surface area contributed by atoms with Gasteiger partial charge in [0.05, 0.1) is 0 Å². The number of hydrogen-bond donors (Lipinski definition) is 0. The minimum Gasteiger partial charge on any atom is -0.311 e. The molecule has 4 aliphatic carbocycles. The molecule has 5 atom stereocenters. The molecule has 2 bridgehead atoms. The molecule has 2 nitrogen and oxygen atoms in total. The molecule has 4 aliphatic rings. The lowest BCUT2D eigenvalue weighted by Crippen LogP contribution is -2.42. The van der Waals surface area contributed by atoms with Gasteiger partial charge in [0.15, 0.2) is 0 Å². The zero-order chi connectivity index (χ0) is 42.7. The average Bonchev–Trinajstić information content (AvgIpc) is 4.03. The molecule has 11 rings (SSSR count). The molecule has 63 heavy (non-hydrogen) atoms. The van der Waals surface area contributed by atoms with Crippen molar-refractivity contribution < 1.29 is 0 Å². The molecule has 0 amide bonds. The van der Waals surface area contributed by atoms with Gasteiger partial charge in [-0.2, -0.15) is 0 Å². The van der Waals surface area contributed by atoms with Crippen molar-refractivity contribution in [1.82, 2.24) is 0 Å². The Hall–Kier alpha value is -5.86. The standard InChI is InChI=1S/C61H62N2/c1-42(2)57-20-13-14-38-61(57,46-26-32-51(33-27-46)62(48-15-7-5-8-16-48)49-17-9-6-10-18-49)47-28-34-52(35-29-47)63(50-30-24-44(25-31-50)56-40-43-22-23-45(56)39-43)53-36-37-55-54-19-11-12-21-58(54)60(3,4)59(55)41-53/h5-12,15-19,21,24-37,41-43,45,56-57H,13-14,20,22-23,38-40H2,1-4H3. The second kappa shape index (κ2) is 16.0. The number of fused-ring (bicyclic) bond motifs is 5. The summed E-state index contributed by atoms with van der Waals surface area (Å²) in [6, 6.07) is 67.0. The first-order chi connectivity index (χ1) is 30.8. The van der Waals surface area contributed by atoms with Gasteiger partial charge in [-0.1, -0.05) is 150 Å². The van der Waals surface area contributed by atoms with E-state index in [1.165, 1.54) is 118 Å². The number of para-hydroxylation sites is 2. The van der Waals surface area contributed by atoms with Crippen LogP contribution in [-0.4, -0.2) is 0 Å². The van der Waals surface area contributed by atoms with Gasteiger partial charge < -0.3 is 9.80 Å². The van der Waals surface area contributed by atoms with Gasteiger partial charge in [-0.05, 0) is 173 Å². The van der Waals surface area contributed by atoms with Gasteiger partial charge in [-0.25, -0.2) is 0 Å². The Balaban J connectivity index is 0.994. The fraction of sp³-hybridized carbons (Fsp3) is 0.311. The molecule has 5 unspecified atom stereocenters. The lowest BCUT2D eigenvalue weighted by Gasteiger charge is -2.48.